The fraction of sp³-hybridized carbons (Fsp3) is 0.294. The largest absolute Gasteiger partial charge is 0.346 e. The number of nitrogens with one attached hydrogen (secondary N) is 2. The number of hydrogen-bond acceptors (Lipinski definition) is 4. The Morgan fingerprint density at radius 3 is 2.33 bits per heavy atom. The first-order valence-electron chi connectivity index (χ1n) is 7.79. The Labute approximate surface area is 141 Å². The summed E-state index contributed by atoms with van der Waals surface area (Å²) in [5.74, 6) is -0.251. The quantitative estimate of drug-likeness (QED) is 0.838. The lowest BCUT2D eigenvalue weighted by Gasteiger charge is -2.14. The van der Waals surface area contributed by atoms with Crippen molar-refractivity contribution in [2.24, 2.45) is 0 Å². The first-order chi connectivity index (χ1) is 11.5. The summed E-state index contributed by atoms with van der Waals surface area (Å²) in [6.07, 6.45) is 5.11. The molecule has 2 aromatic rings. The lowest BCUT2D eigenvalue weighted by molar-refractivity contribution is 0.0939. The molecule has 1 aliphatic rings. The van der Waals surface area contributed by atoms with E-state index in [0.29, 0.717) is 5.56 Å². The maximum absolute atomic E-state index is 12.3. The third kappa shape index (κ3) is 3.98. The second kappa shape index (κ2) is 6.70. The molecule has 126 valence electrons. The van der Waals surface area contributed by atoms with Crippen LogP contribution in [0.25, 0.3) is 0 Å². The van der Waals surface area contributed by atoms with Crippen molar-refractivity contribution < 1.29 is 13.2 Å². The predicted octanol–water partition coefficient (Wildman–Crippen LogP) is 2.01. The first-order valence-corrected chi connectivity index (χ1v) is 9.27. The zero-order chi connectivity index (χ0) is 17.2. The normalized spacial score (nSPS) is 15.7. The summed E-state index contributed by atoms with van der Waals surface area (Å²) in [6, 6.07) is 9.52. The maximum atomic E-state index is 12.3. The Morgan fingerprint density at radius 2 is 1.75 bits per heavy atom. The lowest BCUT2D eigenvalue weighted by Crippen LogP contribution is -2.27. The van der Waals surface area contributed by atoms with Crippen LogP contribution in [0.3, 0.4) is 0 Å². The van der Waals surface area contributed by atoms with E-state index in [1.54, 1.807) is 12.4 Å². The number of hydrogen-bond donors (Lipinski definition) is 2. The molecule has 1 fully saturated rings. The number of sulfonamides is 1. The van der Waals surface area contributed by atoms with Gasteiger partial charge in [-0.1, -0.05) is 0 Å². The van der Waals surface area contributed by atoms with Crippen molar-refractivity contribution in [2.45, 2.75) is 36.7 Å². The van der Waals surface area contributed by atoms with E-state index >= 15 is 0 Å². The molecule has 1 saturated carbocycles. The highest BCUT2D eigenvalue weighted by atomic mass is 32.2. The van der Waals surface area contributed by atoms with Crippen molar-refractivity contribution in [2.75, 3.05) is 0 Å². The van der Waals surface area contributed by atoms with Crippen LogP contribution in [0.1, 0.15) is 41.7 Å². The molecule has 1 atom stereocenters. The molecule has 2 N–H and O–H groups in total. The standard InChI is InChI=1S/C17H19N3O3S/c1-12(13-8-10-18-11-9-13)19-17(21)14-2-6-16(7-3-14)24(22,23)20-15-4-5-15/h2-3,6-12,15,20H,4-5H2,1H3,(H,19,21). The zero-order valence-electron chi connectivity index (χ0n) is 13.3. The van der Waals surface area contributed by atoms with Gasteiger partial charge in [0.25, 0.3) is 5.91 Å². The minimum absolute atomic E-state index is 0.0548. The molecule has 0 saturated heterocycles. The molecule has 1 amide bonds. The highest BCUT2D eigenvalue weighted by Gasteiger charge is 2.28. The summed E-state index contributed by atoms with van der Waals surface area (Å²) >= 11 is 0. The summed E-state index contributed by atoms with van der Waals surface area (Å²) < 4.78 is 26.8. The Balaban J connectivity index is 1.67. The molecular formula is C17H19N3O3S. The number of pyridine rings is 1. The Bertz CT molecular complexity index is 816. The smallest absolute Gasteiger partial charge is 0.251 e. The van der Waals surface area contributed by atoms with E-state index in [-0.39, 0.29) is 22.9 Å². The van der Waals surface area contributed by atoms with Crippen molar-refractivity contribution in [3.8, 4) is 0 Å². The van der Waals surface area contributed by atoms with Gasteiger partial charge in [0.05, 0.1) is 10.9 Å². The number of rotatable bonds is 6. The van der Waals surface area contributed by atoms with Crippen LogP contribution in [0.5, 0.6) is 0 Å². The zero-order valence-corrected chi connectivity index (χ0v) is 14.1. The summed E-state index contributed by atoms with van der Waals surface area (Å²) in [5.41, 5.74) is 1.37. The van der Waals surface area contributed by atoms with Crippen LogP contribution in [0.15, 0.2) is 53.7 Å². The number of nitrogens with zero attached hydrogens (tertiary/aromatic N) is 1. The minimum Gasteiger partial charge on any atom is -0.346 e. The van der Waals surface area contributed by atoms with E-state index in [1.807, 2.05) is 19.1 Å². The Morgan fingerprint density at radius 1 is 1.12 bits per heavy atom. The van der Waals surface area contributed by atoms with Crippen LogP contribution >= 0.6 is 0 Å². The molecule has 1 aromatic carbocycles. The molecule has 7 heteroatoms. The van der Waals surface area contributed by atoms with Gasteiger partial charge >= 0.3 is 0 Å². The van der Waals surface area contributed by atoms with E-state index in [0.717, 1.165) is 18.4 Å². The van der Waals surface area contributed by atoms with Gasteiger partial charge in [-0.3, -0.25) is 9.78 Å². The van der Waals surface area contributed by atoms with Crippen LogP contribution in [-0.4, -0.2) is 25.4 Å². The van der Waals surface area contributed by atoms with Crippen molar-refractivity contribution in [3.05, 3.63) is 59.9 Å². The van der Waals surface area contributed by atoms with Crippen molar-refractivity contribution in [1.29, 1.82) is 0 Å². The maximum Gasteiger partial charge on any atom is 0.251 e. The van der Waals surface area contributed by atoms with Crippen molar-refractivity contribution in [1.82, 2.24) is 15.0 Å². The van der Waals surface area contributed by atoms with Crippen molar-refractivity contribution >= 4 is 15.9 Å². The summed E-state index contributed by atoms with van der Waals surface area (Å²) in [4.78, 5) is 16.4. The molecule has 0 aliphatic heterocycles. The van der Waals surface area contributed by atoms with Gasteiger partial charge < -0.3 is 5.32 Å². The van der Waals surface area contributed by atoms with E-state index in [1.165, 1.54) is 24.3 Å². The van der Waals surface area contributed by atoms with E-state index in [9.17, 15) is 13.2 Å². The molecule has 0 spiro atoms. The third-order valence-corrected chi connectivity index (χ3v) is 5.42. The fourth-order valence-corrected chi connectivity index (χ4v) is 3.59. The third-order valence-electron chi connectivity index (χ3n) is 3.88. The van der Waals surface area contributed by atoms with Gasteiger partial charge in [0.15, 0.2) is 0 Å². The minimum atomic E-state index is -3.49. The number of carbonyl (C=O) groups excluding carboxylic acids is 1. The van der Waals surface area contributed by atoms with E-state index in [4.69, 9.17) is 0 Å². The summed E-state index contributed by atoms with van der Waals surface area (Å²) in [6.45, 7) is 1.88. The average molecular weight is 345 g/mol. The van der Waals surface area contributed by atoms with E-state index in [2.05, 4.69) is 15.0 Å². The van der Waals surface area contributed by atoms with E-state index < -0.39 is 10.0 Å². The molecule has 1 aliphatic carbocycles. The molecular weight excluding hydrogens is 326 g/mol. The molecule has 0 radical (unpaired) electrons. The SMILES string of the molecule is CC(NC(=O)c1ccc(S(=O)(=O)NC2CC2)cc1)c1ccncc1. The molecule has 24 heavy (non-hydrogen) atoms. The number of amides is 1. The molecule has 0 bridgehead atoms. The topological polar surface area (TPSA) is 88.2 Å². The fourth-order valence-electron chi connectivity index (χ4n) is 2.29. The Kier molecular flexibility index (Phi) is 4.64. The molecule has 6 nitrogen and oxygen atoms in total. The second-order valence-electron chi connectivity index (χ2n) is 5.90. The number of benzene rings is 1. The average Bonchev–Trinajstić information content (AvgIpc) is 3.39. The van der Waals surface area contributed by atoms with Crippen molar-refractivity contribution in [3.63, 3.8) is 0 Å². The molecule has 1 unspecified atom stereocenters. The van der Waals surface area contributed by atoms with Gasteiger partial charge in [0.2, 0.25) is 10.0 Å². The second-order valence-corrected chi connectivity index (χ2v) is 7.61. The van der Waals surface area contributed by atoms with Gasteiger partial charge in [-0.25, -0.2) is 13.1 Å². The number of aromatic nitrogens is 1. The van der Waals surface area contributed by atoms with Gasteiger partial charge in [-0.05, 0) is 61.7 Å². The van der Waals surface area contributed by atoms with Gasteiger partial charge in [0, 0.05) is 24.0 Å². The van der Waals surface area contributed by atoms with Gasteiger partial charge in [-0.2, -0.15) is 0 Å². The summed E-state index contributed by atoms with van der Waals surface area (Å²) in [5, 5.41) is 2.88. The van der Waals surface area contributed by atoms with Crippen LogP contribution in [-0.2, 0) is 10.0 Å². The molecule has 1 heterocycles. The summed E-state index contributed by atoms with van der Waals surface area (Å²) in [7, 11) is -3.49. The number of carbonyl (C=O) groups is 1. The molecule has 3 rings (SSSR count). The van der Waals surface area contributed by atoms with Gasteiger partial charge in [0.1, 0.15) is 0 Å². The van der Waals surface area contributed by atoms with Crippen LogP contribution in [0.4, 0.5) is 0 Å². The highest BCUT2D eigenvalue weighted by molar-refractivity contribution is 7.89. The van der Waals surface area contributed by atoms with Crippen LogP contribution < -0.4 is 10.0 Å². The lowest BCUT2D eigenvalue weighted by atomic mass is 10.1. The highest BCUT2D eigenvalue weighted by Crippen LogP contribution is 2.22. The molecule has 1 aromatic heterocycles. The first kappa shape index (κ1) is 16.6. The monoisotopic (exact) mass is 345 g/mol. The van der Waals surface area contributed by atoms with Crippen LogP contribution in [0, 0.1) is 0 Å². The Hall–Kier alpha value is -2.25. The van der Waals surface area contributed by atoms with Crippen LogP contribution in [0.2, 0.25) is 0 Å². The predicted molar refractivity (Wildman–Crippen MR) is 89.9 cm³/mol. The van der Waals surface area contributed by atoms with Gasteiger partial charge in [-0.15, -0.1) is 0 Å².